The van der Waals surface area contributed by atoms with Crippen molar-refractivity contribution in [2.24, 2.45) is 11.1 Å². The van der Waals surface area contributed by atoms with Gasteiger partial charge >= 0.3 is 5.97 Å². The lowest BCUT2D eigenvalue weighted by Crippen LogP contribution is -2.27. The molecule has 0 spiro atoms. The Labute approximate surface area is 75.4 Å². The van der Waals surface area contributed by atoms with Gasteiger partial charge in [-0.05, 0) is 19.8 Å². The van der Waals surface area contributed by atoms with Gasteiger partial charge in [-0.15, -0.1) is 0 Å². The first kappa shape index (κ1) is 9.70. The molecule has 0 radical (unpaired) electrons. The number of ether oxygens (including phenoxy) is 1. The minimum Gasteiger partial charge on any atom is -0.461 e. The van der Waals surface area contributed by atoms with E-state index in [4.69, 9.17) is 5.21 Å². The van der Waals surface area contributed by atoms with Gasteiger partial charge in [0.15, 0.2) is 5.78 Å². The van der Waals surface area contributed by atoms with Crippen molar-refractivity contribution in [3.8, 4) is 0 Å². The zero-order chi connectivity index (χ0) is 9.84. The zero-order valence-corrected chi connectivity index (χ0v) is 7.32. The van der Waals surface area contributed by atoms with E-state index in [1.807, 2.05) is 0 Å². The molecule has 0 aromatic carbocycles. The topological polar surface area (TPSA) is 76.0 Å². The lowest BCUT2D eigenvalue weighted by Gasteiger charge is -2.01. The number of Topliss-reactive ketones (excluding diaryl/α,β-unsaturated/α-hetero) is 1. The van der Waals surface area contributed by atoms with E-state index < -0.39 is 17.5 Å². The quantitative estimate of drug-likeness (QED) is 0.225. The fourth-order valence-corrected chi connectivity index (χ4v) is 0.929. The highest BCUT2D eigenvalue weighted by Gasteiger charge is 2.36. The molecule has 5 heteroatoms. The van der Waals surface area contributed by atoms with Gasteiger partial charge < -0.3 is 9.94 Å². The molecule has 0 unspecified atom stereocenters. The minimum atomic E-state index is -0.845. The third kappa shape index (κ3) is 2.27. The summed E-state index contributed by atoms with van der Waals surface area (Å²) < 4.78 is 4.54. The SMILES string of the molecule is CCOC(=O)C(=NO)C(=O)C1CC1. The molecule has 0 aromatic rings. The standard InChI is InChI=1S/C8H11NO4/c1-2-13-8(11)6(9-12)7(10)5-3-4-5/h5,12H,2-4H2,1H3. The maximum Gasteiger partial charge on any atom is 0.364 e. The van der Waals surface area contributed by atoms with Crippen molar-refractivity contribution in [2.45, 2.75) is 19.8 Å². The fourth-order valence-electron chi connectivity index (χ4n) is 0.929. The van der Waals surface area contributed by atoms with Crippen molar-refractivity contribution in [1.82, 2.24) is 0 Å². The molecule has 0 atom stereocenters. The zero-order valence-electron chi connectivity index (χ0n) is 7.32. The molecule has 5 nitrogen and oxygen atoms in total. The first-order valence-electron chi connectivity index (χ1n) is 4.14. The maximum absolute atomic E-state index is 11.3. The smallest absolute Gasteiger partial charge is 0.364 e. The number of carbonyl (C=O) groups excluding carboxylic acids is 2. The first-order valence-corrected chi connectivity index (χ1v) is 4.14. The van der Waals surface area contributed by atoms with Crippen molar-refractivity contribution in [3.05, 3.63) is 0 Å². The highest BCUT2D eigenvalue weighted by atomic mass is 16.5. The van der Waals surface area contributed by atoms with Crippen molar-refractivity contribution in [3.63, 3.8) is 0 Å². The summed E-state index contributed by atoms with van der Waals surface area (Å²) in [7, 11) is 0. The summed E-state index contributed by atoms with van der Waals surface area (Å²) in [5, 5.41) is 11.1. The summed E-state index contributed by atoms with van der Waals surface area (Å²) in [4.78, 5) is 22.3. The molecule has 13 heavy (non-hydrogen) atoms. The Morgan fingerprint density at radius 1 is 1.54 bits per heavy atom. The predicted molar refractivity (Wildman–Crippen MR) is 43.6 cm³/mol. The van der Waals surface area contributed by atoms with Crippen LogP contribution < -0.4 is 0 Å². The van der Waals surface area contributed by atoms with E-state index in [-0.39, 0.29) is 12.5 Å². The Bertz CT molecular complexity index is 255. The van der Waals surface area contributed by atoms with Crippen LogP contribution in [0.3, 0.4) is 0 Å². The van der Waals surface area contributed by atoms with Crippen LogP contribution in [0, 0.1) is 5.92 Å². The van der Waals surface area contributed by atoms with Gasteiger partial charge in [0.25, 0.3) is 0 Å². The second kappa shape index (κ2) is 4.02. The lowest BCUT2D eigenvalue weighted by atomic mass is 10.2. The number of hydrogen-bond acceptors (Lipinski definition) is 5. The van der Waals surface area contributed by atoms with E-state index in [9.17, 15) is 9.59 Å². The van der Waals surface area contributed by atoms with E-state index in [1.54, 1.807) is 6.92 Å². The molecule has 1 aliphatic rings. The molecule has 0 amide bonds. The van der Waals surface area contributed by atoms with Crippen molar-refractivity contribution in [2.75, 3.05) is 6.61 Å². The van der Waals surface area contributed by atoms with Gasteiger partial charge in [-0.1, -0.05) is 5.16 Å². The van der Waals surface area contributed by atoms with Gasteiger partial charge in [0.2, 0.25) is 5.71 Å². The van der Waals surface area contributed by atoms with Gasteiger partial charge in [0.1, 0.15) is 0 Å². The van der Waals surface area contributed by atoms with Crippen LogP contribution in [0.1, 0.15) is 19.8 Å². The molecule has 1 aliphatic carbocycles. The average Bonchev–Trinajstić information content (AvgIpc) is 2.88. The molecule has 0 saturated heterocycles. The summed E-state index contributed by atoms with van der Waals surface area (Å²) in [6.45, 7) is 1.78. The summed E-state index contributed by atoms with van der Waals surface area (Å²) in [5.41, 5.74) is -0.482. The second-order valence-electron chi connectivity index (χ2n) is 2.81. The summed E-state index contributed by atoms with van der Waals surface area (Å²) in [5.74, 6) is -1.40. The summed E-state index contributed by atoms with van der Waals surface area (Å²) >= 11 is 0. The van der Waals surface area contributed by atoms with Crippen LogP contribution in [0.2, 0.25) is 0 Å². The highest BCUT2D eigenvalue weighted by molar-refractivity contribution is 6.64. The van der Waals surface area contributed by atoms with Crippen molar-refractivity contribution >= 4 is 17.5 Å². The number of carbonyl (C=O) groups is 2. The van der Waals surface area contributed by atoms with E-state index in [2.05, 4.69) is 9.89 Å². The highest BCUT2D eigenvalue weighted by Crippen LogP contribution is 2.30. The van der Waals surface area contributed by atoms with Gasteiger partial charge in [0, 0.05) is 5.92 Å². The van der Waals surface area contributed by atoms with Crippen molar-refractivity contribution in [1.29, 1.82) is 0 Å². The number of esters is 1. The molecule has 1 fully saturated rings. The predicted octanol–water partition coefficient (Wildman–Crippen LogP) is 0.359. The van der Waals surface area contributed by atoms with E-state index in [0.717, 1.165) is 12.8 Å². The van der Waals surface area contributed by atoms with Crippen LogP contribution in [0.5, 0.6) is 0 Å². The molecule has 1 rings (SSSR count). The van der Waals surface area contributed by atoms with Gasteiger partial charge in [-0.25, -0.2) is 4.79 Å². The summed E-state index contributed by atoms with van der Waals surface area (Å²) in [6.07, 6.45) is 1.52. The maximum atomic E-state index is 11.3. The first-order chi connectivity index (χ1) is 6.20. The number of oxime groups is 1. The minimum absolute atomic E-state index is 0.143. The number of rotatable bonds is 4. The van der Waals surface area contributed by atoms with Crippen molar-refractivity contribution < 1.29 is 19.5 Å². The summed E-state index contributed by atoms with van der Waals surface area (Å²) in [6, 6.07) is 0. The van der Waals surface area contributed by atoms with Crippen LogP contribution in [0.4, 0.5) is 0 Å². The Balaban J connectivity index is 2.61. The molecule has 0 aromatic heterocycles. The molecule has 72 valence electrons. The fraction of sp³-hybridized carbons (Fsp3) is 0.625. The third-order valence-corrected chi connectivity index (χ3v) is 1.75. The molecule has 0 aliphatic heterocycles. The van der Waals surface area contributed by atoms with Gasteiger partial charge in [-0.2, -0.15) is 0 Å². The van der Waals surface area contributed by atoms with E-state index in [0.29, 0.717) is 0 Å². The molecule has 1 saturated carbocycles. The van der Waals surface area contributed by atoms with Crippen LogP contribution in [0.15, 0.2) is 5.16 Å². The largest absolute Gasteiger partial charge is 0.461 e. The monoisotopic (exact) mass is 185 g/mol. The van der Waals surface area contributed by atoms with Gasteiger partial charge in [-0.3, -0.25) is 4.79 Å². The molecule has 0 bridgehead atoms. The average molecular weight is 185 g/mol. The van der Waals surface area contributed by atoms with Crippen LogP contribution in [0.25, 0.3) is 0 Å². The Morgan fingerprint density at radius 2 is 2.15 bits per heavy atom. The number of ketones is 1. The Hall–Kier alpha value is -1.39. The number of nitrogens with zero attached hydrogens (tertiary/aromatic N) is 1. The molecule has 0 heterocycles. The van der Waals surface area contributed by atoms with E-state index in [1.165, 1.54) is 0 Å². The number of hydrogen-bond donors (Lipinski definition) is 1. The molecular formula is C8H11NO4. The van der Waals surface area contributed by atoms with Gasteiger partial charge in [0.05, 0.1) is 6.61 Å². The van der Waals surface area contributed by atoms with E-state index >= 15 is 0 Å². The van der Waals surface area contributed by atoms with Crippen LogP contribution in [-0.4, -0.2) is 29.3 Å². The van der Waals surface area contributed by atoms with Crippen LogP contribution >= 0.6 is 0 Å². The molecular weight excluding hydrogens is 174 g/mol. The normalized spacial score (nSPS) is 16.8. The second-order valence-corrected chi connectivity index (χ2v) is 2.81. The Morgan fingerprint density at radius 3 is 2.54 bits per heavy atom. The Kier molecular flexibility index (Phi) is 3.00. The molecule has 1 N–H and O–H groups in total. The third-order valence-electron chi connectivity index (χ3n) is 1.75. The lowest BCUT2D eigenvalue weighted by molar-refractivity contribution is -0.136. The van der Waals surface area contributed by atoms with Crippen LogP contribution in [-0.2, 0) is 14.3 Å².